The Morgan fingerprint density at radius 3 is 2.66 bits per heavy atom. The average Bonchev–Trinajstić information content (AvgIpc) is 3.13. The Kier molecular flexibility index (Phi) is 5.87. The van der Waals surface area contributed by atoms with Crippen LogP contribution in [0.25, 0.3) is 0 Å². The molecule has 10 heteroatoms. The van der Waals surface area contributed by atoms with Crippen LogP contribution in [0.1, 0.15) is 32.6 Å². The van der Waals surface area contributed by atoms with Gasteiger partial charge in [-0.05, 0) is 48.0 Å². The quantitative estimate of drug-likeness (QED) is 0.431. The van der Waals surface area contributed by atoms with E-state index in [-0.39, 0.29) is 43.6 Å². The van der Waals surface area contributed by atoms with E-state index in [4.69, 9.17) is 9.47 Å². The molecule has 0 spiro atoms. The van der Waals surface area contributed by atoms with E-state index in [1.807, 2.05) is 0 Å². The first kappa shape index (κ1) is 22.5. The predicted molar refractivity (Wildman–Crippen MR) is 120 cm³/mol. The lowest BCUT2D eigenvalue weighted by Crippen LogP contribution is -2.30. The number of carbonyl (C=O) groups is 2. The highest BCUT2D eigenvalue weighted by molar-refractivity contribution is 6.54. The molecule has 2 aliphatic heterocycles. The molecular weight excluding hydrogens is 460 g/mol. The number of benzene rings is 3. The van der Waals surface area contributed by atoms with Crippen molar-refractivity contribution in [3.63, 3.8) is 0 Å². The van der Waals surface area contributed by atoms with Gasteiger partial charge in [-0.2, -0.15) is 0 Å². The minimum Gasteiger partial charge on any atom is -0.467 e. The van der Waals surface area contributed by atoms with Gasteiger partial charge in [0.15, 0.2) is 12.5 Å². The Hall–Kier alpha value is -4.31. The second-order valence-electron chi connectivity index (χ2n) is 8.04. The summed E-state index contributed by atoms with van der Waals surface area (Å²) in [6.45, 7) is 0.271. The van der Waals surface area contributed by atoms with Gasteiger partial charge < -0.3 is 24.9 Å². The molecule has 8 nitrogen and oxygen atoms in total. The van der Waals surface area contributed by atoms with Crippen LogP contribution in [0, 0.1) is 11.6 Å². The number of halogens is 2. The van der Waals surface area contributed by atoms with Gasteiger partial charge in [0.1, 0.15) is 17.4 Å². The van der Waals surface area contributed by atoms with Gasteiger partial charge in [-0.3, -0.25) is 9.59 Å². The van der Waals surface area contributed by atoms with Crippen LogP contribution in [0.5, 0.6) is 5.75 Å². The van der Waals surface area contributed by atoms with E-state index in [1.165, 1.54) is 47.4 Å². The van der Waals surface area contributed by atoms with Crippen molar-refractivity contribution in [3.8, 4) is 5.75 Å². The molecule has 0 unspecified atom stereocenters. The molecule has 0 atom stereocenters. The molecule has 0 bridgehead atoms. The fraction of sp³-hybridized carbons (Fsp3) is 0.160. The van der Waals surface area contributed by atoms with Crippen LogP contribution in [0.4, 0.5) is 14.5 Å². The molecule has 5 rings (SSSR count). The number of rotatable bonds is 5. The van der Waals surface area contributed by atoms with Crippen molar-refractivity contribution in [2.75, 3.05) is 11.7 Å². The lowest BCUT2D eigenvalue weighted by molar-refractivity contribution is -0.112. The minimum atomic E-state index is -0.601. The van der Waals surface area contributed by atoms with E-state index >= 15 is 0 Å². The zero-order valence-corrected chi connectivity index (χ0v) is 18.3. The number of amides is 2. The van der Waals surface area contributed by atoms with E-state index in [1.54, 1.807) is 12.1 Å². The molecule has 3 aromatic rings. The molecular formula is C25H19F2N3O5. The Morgan fingerprint density at radius 2 is 1.89 bits per heavy atom. The van der Waals surface area contributed by atoms with Crippen LogP contribution in [0.3, 0.4) is 0 Å². The SMILES string of the molecule is O=C(NCc1ccc(F)cc1)c1ccc2c(c1)N(Cc1cc(F)cc3c1OCOC3)C(=O)/C2=N\O. The van der Waals surface area contributed by atoms with Gasteiger partial charge in [-0.25, -0.2) is 8.78 Å². The van der Waals surface area contributed by atoms with Crippen molar-refractivity contribution >= 4 is 23.2 Å². The molecule has 2 amide bonds. The molecule has 0 fully saturated rings. The third-order valence-corrected chi connectivity index (χ3v) is 5.80. The van der Waals surface area contributed by atoms with Gasteiger partial charge in [-0.15, -0.1) is 0 Å². The van der Waals surface area contributed by atoms with Crippen LogP contribution < -0.4 is 15.0 Å². The standard InChI is InChI=1S/C25H19F2N3O5/c26-18-4-1-14(2-5-18)10-28-24(31)15-3-6-20-21(9-15)30(25(32)22(20)29-33)11-16-7-19(27)8-17-12-34-13-35-23(16)17/h1-9,33H,10-13H2,(H,28,31)/b29-22-. The molecule has 35 heavy (non-hydrogen) atoms. The summed E-state index contributed by atoms with van der Waals surface area (Å²) in [5, 5.41) is 15.3. The van der Waals surface area contributed by atoms with Gasteiger partial charge in [0.05, 0.1) is 18.8 Å². The minimum absolute atomic E-state index is 0.00209. The third-order valence-electron chi connectivity index (χ3n) is 5.80. The lowest BCUT2D eigenvalue weighted by atomic mass is 10.1. The topological polar surface area (TPSA) is 100 Å². The normalized spacial score (nSPS) is 15.5. The van der Waals surface area contributed by atoms with Crippen molar-refractivity contribution in [1.82, 2.24) is 5.32 Å². The predicted octanol–water partition coefficient (Wildman–Crippen LogP) is 3.49. The lowest BCUT2D eigenvalue weighted by Gasteiger charge is -2.24. The summed E-state index contributed by atoms with van der Waals surface area (Å²) in [6, 6.07) is 12.8. The van der Waals surface area contributed by atoms with E-state index in [9.17, 15) is 23.6 Å². The fourth-order valence-electron chi connectivity index (χ4n) is 4.13. The van der Waals surface area contributed by atoms with Crippen molar-refractivity contribution in [3.05, 3.63) is 94.0 Å². The molecule has 2 heterocycles. The van der Waals surface area contributed by atoms with Gasteiger partial charge >= 0.3 is 0 Å². The van der Waals surface area contributed by atoms with Crippen LogP contribution in [-0.2, 0) is 29.2 Å². The average molecular weight is 479 g/mol. The summed E-state index contributed by atoms with van der Waals surface area (Å²) >= 11 is 0. The smallest absolute Gasteiger partial charge is 0.281 e. The first-order valence-corrected chi connectivity index (χ1v) is 10.7. The number of oxime groups is 1. The van der Waals surface area contributed by atoms with Crippen LogP contribution in [-0.4, -0.2) is 29.5 Å². The second-order valence-corrected chi connectivity index (χ2v) is 8.04. The molecule has 3 aromatic carbocycles. The number of hydrogen-bond acceptors (Lipinski definition) is 6. The van der Waals surface area contributed by atoms with Crippen LogP contribution in [0.15, 0.2) is 59.8 Å². The number of nitrogens with one attached hydrogen (secondary N) is 1. The first-order valence-electron chi connectivity index (χ1n) is 10.7. The maximum atomic E-state index is 14.2. The molecule has 0 radical (unpaired) electrons. The van der Waals surface area contributed by atoms with Gasteiger partial charge in [0.25, 0.3) is 11.8 Å². The maximum absolute atomic E-state index is 14.2. The highest BCUT2D eigenvalue weighted by Crippen LogP contribution is 2.36. The van der Waals surface area contributed by atoms with Crippen molar-refractivity contribution in [1.29, 1.82) is 0 Å². The maximum Gasteiger partial charge on any atom is 0.281 e. The monoisotopic (exact) mass is 479 g/mol. The summed E-state index contributed by atoms with van der Waals surface area (Å²) in [5.74, 6) is -1.47. The summed E-state index contributed by atoms with van der Waals surface area (Å²) in [5.41, 5.74) is 2.38. The highest BCUT2D eigenvalue weighted by atomic mass is 19.1. The van der Waals surface area contributed by atoms with Crippen molar-refractivity contribution in [2.24, 2.45) is 5.16 Å². The number of ether oxygens (including phenoxy) is 2. The second kappa shape index (κ2) is 9.15. The third kappa shape index (κ3) is 4.31. The Bertz CT molecular complexity index is 1360. The Morgan fingerprint density at radius 1 is 1.09 bits per heavy atom. The largest absolute Gasteiger partial charge is 0.467 e. The fourth-order valence-corrected chi connectivity index (χ4v) is 4.13. The van der Waals surface area contributed by atoms with Crippen molar-refractivity contribution < 1.29 is 33.1 Å². The number of carbonyl (C=O) groups excluding carboxylic acids is 2. The van der Waals surface area contributed by atoms with Crippen LogP contribution >= 0.6 is 0 Å². The Balaban J connectivity index is 1.43. The van der Waals surface area contributed by atoms with E-state index in [0.29, 0.717) is 33.7 Å². The number of anilines is 1. The summed E-state index contributed by atoms with van der Waals surface area (Å²) in [6.07, 6.45) is 0. The first-order chi connectivity index (χ1) is 16.9. The van der Waals surface area contributed by atoms with Gasteiger partial charge in [-0.1, -0.05) is 17.3 Å². The zero-order valence-electron chi connectivity index (χ0n) is 18.3. The number of nitrogens with zero attached hydrogens (tertiary/aromatic N) is 2. The Labute approximate surface area is 198 Å². The van der Waals surface area contributed by atoms with E-state index in [2.05, 4.69) is 10.5 Å². The van der Waals surface area contributed by atoms with E-state index in [0.717, 1.165) is 0 Å². The molecule has 2 aliphatic rings. The molecule has 2 N–H and O–H groups in total. The molecule has 0 saturated carbocycles. The molecule has 0 aromatic heterocycles. The molecule has 0 saturated heterocycles. The summed E-state index contributed by atoms with van der Waals surface area (Å²) < 4.78 is 38.1. The number of fused-ring (bicyclic) bond motifs is 2. The zero-order chi connectivity index (χ0) is 24.5. The summed E-state index contributed by atoms with van der Waals surface area (Å²) in [4.78, 5) is 27.1. The van der Waals surface area contributed by atoms with E-state index < -0.39 is 17.6 Å². The number of hydrogen-bond donors (Lipinski definition) is 2. The van der Waals surface area contributed by atoms with Crippen LogP contribution in [0.2, 0.25) is 0 Å². The highest BCUT2D eigenvalue weighted by Gasteiger charge is 2.36. The van der Waals surface area contributed by atoms with Gasteiger partial charge in [0.2, 0.25) is 0 Å². The van der Waals surface area contributed by atoms with Gasteiger partial charge in [0, 0.05) is 28.8 Å². The molecule has 0 aliphatic carbocycles. The van der Waals surface area contributed by atoms with Crippen molar-refractivity contribution in [2.45, 2.75) is 19.7 Å². The molecule has 178 valence electrons. The summed E-state index contributed by atoms with van der Waals surface area (Å²) in [7, 11) is 0.